The van der Waals surface area contributed by atoms with Gasteiger partial charge < -0.3 is 12.7 Å². The summed E-state index contributed by atoms with van der Waals surface area (Å²) in [6, 6.07) is 0. The van der Waals surface area contributed by atoms with Crippen LogP contribution in [-0.4, -0.2) is 22.6 Å². The van der Waals surface area contributed by atoms with Gasteiger partial charge in [0.05, 0.1) is 0 Å². The molecule has 1 atom stereocenters. The second-order valence-corrected chi connectivity index (χ2v) is 6.38. The van der Waals surface area contributed by atoms with Gasteiger partial charge in [0.2, 0.25) is 0 Å². The van der Waals surface area contributed by atoms with Gasteiger partial charge in [-0.25, -0.2) is 0 Å². The van der Waals surface area contributed by atoms with Crippen molar-refractivity contribution in [3.8, 4) is 0 Å². The Morgan fingerprint density at radius 2 is 1.57 bits per heavy atom. The van der Waals surface area contributed by atoms with Crippen LogP contribution in [0.3, 0.4) is 0 Å². The number of rotatable bonds is 12. The number of esters is 1. The number of carbonyl (C=O) groups excluding carboxylic acids is 1. The summed E-state index contributed by atoms with van der Waals surface area (Å²) in [4.78, 5) is 22.1. The summed E-state index contributed by atoms with van der Waals surface area (Å²) < 4.78 is 5.44. The van der Waals surface area contributed by atoms with Crippen LogP contribution in [0.5, 0.6) is 0 Å². The quantitative estimate of drug-likeness (QED) is 0.211. The SMILES string of the molecule is CCCCCCCCCC(C)(OC(=O)CC(=O)O)C(C)C.[H-].[H-].[Li+].[Na+]. The second kappa shape index (κ2) is 16.0. The molecule has 0 saturated carbocycles. The van der Waals surface area contributed by atoms with Crippen molar-refractivity contribution in [3.63, 3.8) is 0 Å². The minimum absolute atomic E-state index is 0. The molecule has 128 valence electrons. The van der Waals surface area contributed by atoms with E-state index in [0.717, 1.165) is 19.3 Å². The Morgan fingerprint density at radius 1 is 1.09 bits per heavy atom. The van der Waals surface area contributed by atoms with E-state index in [1.54, 1.807) is 0 Å². The van der Waals surface area contributed by atoms with E-state index in [0.29, 0.717) is 0 Å². The molecule has 0 rings (SSSR count). The molecule has 1 N–H and O–H groups in total. The molecule has 0 bridgehead atoms. The molecule has 6 heteroatoms. The summed E-state index contributed by atoms with van der Waals surface area (Å²) in [5.41, 5.74) is -0.560. The van der Waals surface area contributed by atoms with Gasteiger partial charge in [-0.15, -0.1) is 0 Å². The number of carboxylic acids is 1. The van der Waals surface area contributed by atoms with Crippen LogP contribution in [0.2, 0.25) is 0 Å². The van der Waals surface area contributed by atoms with Gasteiger partial charge >= 0.3 is 60.4 Å². The van der Waals surface area contributed by atoms with Gasteiger partial charge in [0.15, 0.2) is 0 Å². The number of carboxylic acid groups (broad SMARTS) is 1. The predicted octanol–water partition coefficient (Wildman–Crippen LogP) is -1.21. The third kappa shape index (κ3) is 14.6. The first-order valence-corrected chi connectivity index (χ1v) is 8.25. The van der Waals surface area contributed by atoms with E-state index in [-0.39, 0.29) is 57.2 Å². The number of aliphatic carboxylic acids is 1. The van der Waals surface area contributed by atoms with E-state index in [1.807, 2.05) is 20.8 Å². The molecule has 0 heterocycles. The maximum atomic E-state index is 11.6. The van der Waals surface area contributed by atoms with Gasteiger partial charge in [0, 0.05) is 0 Å². The fraction of sp³-hybridized carbons (Fsp3) is 0.882. The number of unbranched alkanes of at least 4 members (excludes halogenated alkanes) is 6. The van der Waals surface area contributed by atoms with Crippen molar-refractivity contribution in [1.82, 2.24) is 0 Å². The number of hydrogen-bond acceptors (Lipinski definition) is 3. The molecule has 1 unspecified atom stereocenters. The maximum Gasteiger partial charge on any atom is 1.00 e. The average molecular weight is 332 g/mol. The van der Waals surface area contributed by atoms with E-state index < -0.39 is 24.0 Å². The Kier molecular flexibility index (Phi) is 19.8. The van der Waals surface area contributed by atoms with Crippen LogP contribution in [0.25, 0.3) is 0 Å². The minimum Gasteiger partial charge on any atom is -1.00 e. The first-order chi connectivity index (χ1) is 9.81. The van der Waals surface area contributed by atoms with Gasteiger partial charge in [-0.05, 0) is 25.7 Å². The zero-order valence-electron chi connectivity index (χ0n) is 18.1. The van der Waals surface area contributed by atoms with Gasteiger partial charge in [-0.2, -0.15) is 0 Å². The summed E-state index contributed by atoms with van der Waals surface area (Å²) >= 11 is 0. The monoisotopic (exact) mass is 332 g/mol. The molecule has 0 aliphatic rings. The van der Waals surface area contributed by atoms with Crippen LogP contribution < -0.4 is 48.4 Å². The second-order valence-electron chi connectivity index (χ2n) is 6.38. The third-order valence-corrected chi connectivity index (χ3v) is 4.14. The summed E-state index contributed by atoms with van der Waals surface area (Å²) in [7, 11) is 0. The van der Waals surface area contributed by atoms with E-state index in [4.69, 9.17) is 9.84 Å². The summed E-state index contributed by atoms with van der Waals surface area (Å²) in [5.74, 6) is -1.60. The summed E-state index contributed by atoms with van der Waals surface area (Å²) in [6.07, 6.45) is 8.74. The molecule has 0 aliphatic heterocycles. The molecule has 0 fully saturated rings. The van der Waals surface area contributed by atoms with Crippen LogP contribution in [0.4, 0.5) is 0 Å². The van der Waals surface area contributed by atoms with Crippen molar-refractivity contribution in [2.24, 2.45) is 5.92 Å². The Morgan fingerprint density at radius 3 is 2.00 bits per heavy atom. The Balaban J connectivity index is -0.000000333. The average Bonchev–Trinajstić information content (AvgIpc) is 2.36. The minimum atomic E-state index is -1.14. The maximum absolute atomic E-state index is 11.6. The Labute approximate surface area is 178 Å². The smallest absolute Gasteiger partial charge is 1.00 e. The number of carbonyl (C=O) groups is 2. The molecule has 23 heavy (non-hydrogen) atoms. The zero-order chi connectivity index (χ0) is 16.3. The molecular formula is C17H34LiNaO4. The molecule has 0 radical (unpaired) electrons. The first kappa shape index (κ1) is 28.3. The zero-order valence-corrected chi connectivity index (χ0v) is 18.1. The van der Waals surface area contributed by atoms with E-state index in [9.17, 15) is 9.59 Å². The molecule has 0 aliphatic carbocycles. The molecule has 0 aromatic carbocycles. The molecular weight excluding hydrogens is 298 g/mol. The summed E-state index contributed by atoms with van der Waals surface area (Å²) in [6.45, 7) is 8.14. The fourth-order valence-corrected chi connectivity index (χ4v) is 2.31. The third-order valence-electron chi connectivity index (χ3n) is 4.14. The molecule has 0 amide bonds. The van der Waals surface area contributed by atoms with Crippen molar-refractivity contribution in [2.75, 3.05) is 0 Å². The molecule has 0 saturated heterocycles. The van der Waals surface area contributed by atoms with Crippen molar-refractivity contribution < 1.29 is 70.7 Å². The molecule has 4 nitrogen and oxygen atoms in total. The molecule has 0 aromatic rings. The predicted molar refractivity (Wildman–Crippen MR) is 86.4 cm³/mol. The van der Waals surface area contributed by atoms with Crippen LogP contribution in [-0.2, 0) is 14.3 Å². The Bertz CT molecular complexity index is 334. The standard InChI is InChI=1S/C17H32O4.Li.Na.2H/c1-5-6-7-8-9-10-11-12-17(4,14(2)3)21-16(20)13-15(18)19;;;;/h14H,5-13H2,1-4H3,(H,18,19);;;;/q;2*+1;2*-1. The normalized spacial score (nSPS) is 12.7. The van der Waals surface area contributed by atoms with Gasteiger partial charge in [-0.3, -0.25) is 9.59 Å². The van der Waals surface area contributed by atoms with Crippen LogP contribution >= 0.6 is 0 Å². The Hall–Kier alpha value is 0.537. The van der Waals surface area contributed by atoms with E-state index in [1.165, 1.54) is 32.1 Å². The topological polar surface area (TPSA) is 63.6 Å². The van der Waals surface area contributed by atoms with Crippen molar-refractivity contribution >= 4 is 11.9 Å². The van der Waals surface area contributed by atoms with Crippen molar-refractivity contribution in [2.45, 2.75) is 91.1 Å². The first-order valence-electron chi connectivity index (χ1n) is 8.25. The molecule has 0 spiro atoms. The van der Waals surface area contributed by atoms with Crippen molar-refractivity contribution in [3.05, 3.63) is 0 Å². The number of ether oxygens (including phenoxy) is 1. The van der Waals surface area contributed by atoms with Gasteiger partial charge in [-0.1, -0.05) is 59.3 Å². The van der Waals surface area contributed by atoms with Gasteiger partial charge in [0.25, 0.3) is 0 Å². The van der Waals surface area contributed by atoms with E-state index >= 15 is 0 Å². The van der Waals surface area contributed by atoms with Crippen LogP contribution in [0.1, 0.15) is 88.3 Å². The molecule has 0 aromatic heterocycles. The largest absolute Gasteiger partial charge is 1.00 e. The van der Waals surface area contributed by atoms with Gasteiger partial charge in [0.1, 0.15) is 12.0 Å². The van der Waals surface area contributed by atoms with E-state index in [2.05, 4.69) is 6.92 Å². The summed E-state index contributed by atoms with van der Waals surface area (Å²) in [5, 5.41) is 8.64. The number of hydrogen-bond donors (Lipinski definition) is 1. The van der Waals surface area contributed by atoms with Crippen molar-refractivity contribution in [1.29, 1.82) is 0 Å². The fourth-order valence-electron chi connectivity index (χ4n) is 2.31. The van der Waals surface area contributed by atoms with Crippen LogP contribution in [0.15, 0.2) is 0 Å². The van der Waals surface area contributed by atoms with Crippen LogP contribution in [0, 0.1) is 5.92 Å².